The minimum atomic E-state index is -0.328. The number of benzene rings is 3. The van der Waals surface area contributed by atoms with Crippen LogP contribution in [-0.2, 0) is 4.79 Å². The lowest BCUT2D eigenvalue weighted by Crippen LogP contribution is -2.25. The maximum Gasteiger partial charge on any atom is 0.248 e. The van der Waals surface area contributed by atoms with Gasteiger partial charge in [-0.25, -0.2) is 4.39 Å². The Labute approximate surface area is 165 Å². The van der Waals surface area contributed by atoms with Crippen LogP contribution in [0.1, 0.15) is 19.4 Å². The van der Waals surface area contributed by atoms with Crippen LogP contribution in [0.15, 0.2) is 84.9 Å². The average molecular weight is 374 g/mol. The number of para-hydroxylation sites is 1. The Hall–Kier alpha value is -3.40. The van der Waals surface area contributed by atoms with Crippen molar-refractivity contribution >= 4 is 29.0 Å². The molecule has 0 aliphatic heterocycles. The molecule has 0 unspecified atom stereocenters. The summed E-state index contributed by atoms with van der Waals surface area (Å²) in [5.74, 6) is -0.591. The third-order valence-corrected chi connectivity index (χ3v) is 4.24. The highest BCUT2D eigenvalue weighted by Crippen LogP contribution is 2.28. The van der Waals surface area contributed by atoms with Crippen molar-refractivity contribution in [1.82, 2.24) is 0 Å². The van der Waals surface area contributed by atoms with Crippen LogP contribution >= 0.6 is 0 Å². The van der Waals surface area contributed by atoms with E-state index in [1.54, 1.807) is 18.2 Å². The lowest BCUT2D eigenvalue weighted by molar-refractivity contribution is -0.111. The third kappa shape index (κ3) is 5.07. The summed E-state index contributed by atoms with van der Waals surface area (Å²) < 4.78 is 13.2. The van der Waals surface area contributed by atoms with Gasteiger partial charge in [-0.3, -0.25) is 4.79 Å². The molecule has 0 saturated heterocycles. The smallest absolute Gasteiger partial charge is 0.248 e. The Bertz CT molecular complexity index is 950. The van der Waals surface area contributed by atoms with Gasteiger partial charge in [-0.2, -0.15) is 0 Å². The molecule has 0 atom stereocenters. The van der Waals surface area contributed by atoms with Gasteiger partial charge in [0, 0.05) is 29.2 Å². The first kappa shape index (κ1) is 19.4. The minimum Gasteiger partial charge on any atom is -0.339 e. The highest BCUT2D eigenvalue weighted by molar-refractivity contribution is 6.02. The fraction of sp³-hybridized carbons (Fsp3) is 0.125. The summed E-state index contributed by atoms with van der Waals surface area (Å²) in [4.78, 5) is 14.3. The molecular weight excluding hydrogens is 351 g/mol. The van der Waals surface area contributed by atoms with Gasteiger partial charge in [-0.15, -0.1) is 0 Å². The molecule has 3 rings (SSSR count). The van der Waals surface area contributed by atoms with Gasteiger partial charge in [0.25, 0.3) is 0 Å². The second-order valence-corrected chi connectivity index (χ2v) is 6.72. The molecule has 142 valence electrons. The van der Waals surface area contributed by atoms with E-state index in [1.165, 1.54) is 18.2 Å². The molecule has 4 heteroatoms. The molecule has 0 spiro atoms. The molecule has 0 aliphatic rings. The molecule has 0 fully saturated rings. The van der Waals surface area contributed by atoms with Crippen LogP contribution in [0.3, 0.4) is 0 Å². The van der Waals surface area contributed by atoms with E-state index >= 15 is 0 Å². The van der Waals surface area contributed by atoms with Crippen LogP contribution in [0.25, 0.3) is 6.08 Å². The van der Waals surface area contributed by atoms with Gasteiger partial charge in [-0.1, -0.05) is 30.3 Å². The van der Waals surface area contributed by atoms with E-state index in [1.807, 2.05) is 42.5 Å². The number of hydrogen-bond acceptors (Lipinski definition) is 2. The number of rotatable bonds is 6. The van der Waals surface area contributed by atoms with E-state index in [-0.39, 0.29) is 17.8 Å². The summed E-state index contributed by atoms with van der Waals surface area (Å²) in [5.41, 5.74) is 3.51. The molecule has 0 radical (unpaired) electrons. The number of carbonyl (C=O) groups excluding carboxylic acids is 1. The molecule has 0 heterocycles. The van der Waals surface area contributed by atoms with Crippen molar-refractivity contribution in [1.29, 1.82) is 0 Å². The number of nitrogens with zero attached hydrogens (tertiary/aromatic N) is 1. The van der Waals surface area contributed by atoms with Gasteiger partial charge < -0.3 is 10.2 Å². The van der Waals surface area contributed by atoms with Crippen molar-refractivity contribution < 1.29 is 9.18 Å². The number of halogens is 1. The van der Waals surface area contributed by atoms with Crippen molar-refractivity contribution in [2.75, 3.05) is 10.2 Å². The van der Waals surface area contributed by atoms with E-state index in [0.717, 1.165) is 11.4 Å². The van der Waals surface area contributed by atoms with Gasteiger partial charge in [0.1, 0.15) is 5.82 Å². The summed E-state index contributed by atoms with van der Waals surface area (Å²) in [6, 6.07) is 24.3. The predicted octanol–water partition coefficient (Wildman–Crippen LogP) is 6.02. The molecule has 3 nitrogen and oxygen atoms in total. The van der Waals surface area contributed by atoms with Crippen LogP contribution in [0.2, 0.25) is 0 Å². The third-order valence-electron chi connectivity index (χ3n) is 4.24. The Morgan fingerprint density at radius 3 is 2.25 bits per heavy atom. The van der Waals surface area contributed by atoms with E-state index in [2.05, 4.69) is 36.2 Å². The van der Waals surface area contributed by atoms with E-state index in [9.17, 15) is 9.18 Å². The quantitative estimate of drug-likeness (QED) is 0.535. The van der Waals surface area contributed by atoms with Crippen LogP contribution in [-0.4, -0.2) is 11.9 Å². The van der Waals surface area contributed by atoms with Crippen molar-refractivity contribution in [3.63, 3.8) is 0 Å². The highest BCUT2D eigenvalue weighted by atomic mass is 19.1. The molecule has 3 aromatic rings. The van der Waals surface area contributed by atoms with Gasteiger partial charge in [0.05, 0.1) is 0 Å². The second-order valence-electron chi connectivity index (χ2n) is 6.72. The number of anilines is 3. The van der Waals surface area contributed by atoms with Crippen molar-refractivity contribution in [2.45, 2.75) is 19.9 Å². The van der Waals surface area contributed by atoms with Gasteiger partial charge >= 0.3 is 0 Å². The largest absolute Gasteiger partial charge is 0.339 e. The Balaban J connectivity index is 1.69. The average Bonchev–Trinajstić information content (AvgIpc) is 2.69. The Morgan fingerprint density at radius 1 is 0.929 bits per heavy atom. The predicted molar refractivity (Wildman–Crippen MR) is 114 cm³/mol. The lowest BCUT2D eigenvalue weighted by atomic mass is 10.1. The first-order chi connectivity index (χ1) is 13.5. The van der Waals surface area contributed by atoms with Crippen molar-refractivity contribution in [3.8, 4) is 0 Å². The highest BCUT2D eigenvalue weighted by Gasteiger charge is 2.12. The SMILES string of the molecule is CC(C)N(c1ccccc1)c1ccc(NC(=O)/C=C/c2cccc(F)c2)cc1. The second kappa shape index (κ2) is 9.00. The number of nitrogens with one attached hydrogen (secondary N) is 1. The Kier molecular flexibility index (Phi) is 6.22. The summed E-state index contributed by atoms with van der Waals surface area (Å²) >= 11 is 0. The zero-order valence-corrected chi connectivity index (χ0v) is 16.0. The van der Waals surface area contributed by atoms with E-state index in [4.69, 9.17) is 0 Å². The monoisotopic (exact) mass is 374 g/mol. The number of carbonyl (C=O) groups is 1. The molecule has 0 saturated carbocycles. The summed E-state index contributed by atoms with van der Waals surface area (Å²) in [7, 11) is 0. The van der Waals surface area contributed by atoms with Crippen LogP contribution < -0.4 is 10.2 Å². The molecule has 0 aliphatic carbocycles. The zero-order valence-electron chi connectivity index (χ0n) is 16.0. The first-order valence-corrected chi connectivity index (χ1v) is 9.22. The topological polar surface area (TPSA) is 32.3 Å². The fourth-order valence-corrected chi connectivity index (χ4v) is 3.01. The number of amides is 1. The van der Waals surface area contributed by atoms with Crippen LogP contribution in [0.4, 0.5) is 21.5 Å². The van der Waals surface area contributed by atoms with Crippen molar-refractivity contribution in [3.05, 3.63) is 96.3 Å². The van der Waals surface area contributed by atoms with Gasteiger partial charge in [0.2, 0.25) is 5.91 Å². The van der Waals surface area contributed by atoms with E-state index < -0.39 is 0 Å². The minimum absolute atomic E-state index is 0.263. The lowest BCUT2D eigenvalue weighted by Gasteiger charge is -2.29. The summed E-state index contributed by atoms with van der Waals surface area (Å²) in [5, 5.41) is 2.82. The molecule has 1 N–H and O–H groups in total. The summed E-state index contributed by atoms with van der Waals surface area (Å²) in [6.07, 6.45) is 2.98. The van der Waals surface area contributed by atoms with Crippen LogP contribution in [0.5, 0.6) is 0 Å². The standard InChI is InChI=1S/C24H23FN2O/c1-18(2)27(22-9-4-3-5-10-22)23-14-12-21(13-15-23)26-24(28)16-11-19-7-6-8-20(25)17-19/h3-18H,1-2H3,(H,26,28)/b16-11+. The fourth-order valence-electron chi connectivity index (χ4n) is 3.01. The maximum atomic E-state index is 13.2. The first-order valence-electron chi connectivity index (χ1n) is 9.22. The van der Waals surface area contributed by atoms with Gasteiger partial charge in [0.15, 0.2) is 0 Å². The molecule has 0 bridgehead atoms. The van der Waals surface area contributed by atoms with E-state index in [0.29, 0.717) is 11.3 Å². The molecule has 0 aromatic heterocycles. The maximum absolute atomic E-state index is 13.2. The molecule has 28 heavy (non-hydrogen) atoms. The molecule has 1 amide bonds. The normalized spacial score (nSPS) is 11.0. The van der Waals surface area contributed by atoms with Gasteiger partial charge in [-0.05, 0) is 74.0 Å². The van der Waals surface area contributed by atoms with Crippen LogP contribution in [0, 0.1) is 5.82 Å². The molecule has 3 aromatic carbocycles. The van der Waals surface area contributed by atoms with Crippen molar-refractivity contribution in [2.24, 2.45) is 0 Å². The summed E-state index contributed by atoms with van der Waals surface area (Å²) in [6.45, 7) is 4.28. The number of hydrogen-bond donors (Lipinski definition) is 1. The Morgan fingerprint density at radius 2 is 1.61 bits per heavy atom. The zero-order chi connectivity index (χ0) is 19.9. The molecular formula is C24H23FN2O.